The summed E-state index contributed by atoms with van der Waals surface area (Å²) in [4.78, 5) is 24.7. The maximum Gasteiger partial charge on any atom is 0.225 e. The molecule has 0 bridgehead atoms. The summed E-state index contributed by atoms with van der Waals surface area (Å²) in [6.45, 7) is 4.46. The van der Waals surface area contributed by atoms with Crippen LogP contribution in [0.3, 0.4) is 0 Å². The fraction of sp³-hybridized carbons (Fsp3) is 0.818. The molecular formula is C11H20N2O3. The predicted molar refractivity (Wildman–Crippen MR) is 59.7 cm³/mol. The van der Waals surface area contributed by atoms with Crippen LogP contribution >= 0.6 is 0 Å². The van der Waals surface area contributed by atoms with Gasteiger partial charge < -0.3 is 15.3 Å². The lowest BCUT2D eigenvalue weighted by Gasteiger charge is -2.31. The van der Waals surface area contributed by atoms with E-state index in [4.69, 9.17) is 5.11 Å². The number of likely N-dealkylation sites (tertiary alicyclic amines) is 1. The predicted octanol–water partition coefficient (Wildman–Crippen LogP) is -0.258. The molecule has 0 spiro atoms. The van der Waals surface area contributed by atoms with Crippen molar-refractivity contribution in [2.45, 2.75) is 32.7 Å². The summed E-state index contributed by atoms with van der Waals surface area (Å²) in [6, 6.07) is -0.222. The normalized spacial score (nSPS) is 22.7. The Morgan fingerprint density at radius 1 is 1.56 bits per heavy atom. The number of hydrogen-bond acceptors (Lipinski definition) is 3. The molecule has 2 N–H and O–H groups in total. The standard InChI is InChI=1S/C11H20N2O3/c1-8(7-14)12-11(16)10-4-3-5-13(6-10)9(2)15/h8,10,14H,3-7H2,1-2H3,(H,12,16). The van der Waals surface area contributed by atoms with Crippen molar-refractivity contribution in [3.8, 4) is 0 Å². The molecule has 0 aromatic carbocycles. The fourth-order valence-electron chi connectivity index (χ4n) is 1.88. The third-order valence-electron chi connectivity index (χ3n) is 2.90. The van der Waals surface area contributed by atoms with E-state index in [1.54, 1.807) is 11.8 Å². The molecule has 0 aromatic rings. The molecule has 0 aromatic heterocycles. The minimum absolute atomic E-state index is 0.0210. The van der Waals surface area contributed by atoms with Crippen LogP contribution in [0.5, 0.6) is 0 Å². The second-order valence-corrected chi connectivity index (χ2v) is 4.40. The zero-order valence-electron chi connectivity index (χ0n) is 9.90. The summed E-state index contributed by atoms with van der Waals surface area (Å²) in [5.74, 6) is -0.174. The Bertz CT molecular complexity index is 268. The molecular weight excluding hydrogens is 208 g/mol. The Morgan fingerprint density at radius 3 is 2.81 bits per heavy atom. The summed E-state index contributed by atoms with van der Waals surface area (Å²) in [5.41, 5.74) is 0. The van der Waals surface area contributed by atoms with Gasteiger partial charge in [-0.25, -0.2) is 0 Å². The highest BCUT2D eigenvalue weighted by Crippen LogP contribution is 2.16. The highest BCUT2D eigenvalue weighted by atomic mass is 16.3. The van der Waals surface area contributed by atoms with Gasteiger partial charge in [0, 0.05) is 26.1 Å². The van der Waals surface area contributed by atoms with E-state index in [-0.39, 0.29) is 30.4 Å². The van der Waals surface area contributed by atoms with Crippen molar-refractivity contribution >= 4 is 11.8 Å². The number of nitrogens with zero attached hydrogens (tertiary/aromatic N) is 1. The molecule has 1 aliphatic heterocycles. The summed E-state index contributed by atoms with van der Waals surface area (Å²) in [6.07, 6.45) is 1.68. The van der Waals surface area contributed by atoms with E-state index in [1.165, 1.54) is 6.92 Å². The van der Waals surface area contributed by atoms with Gasteiger partial charge in [0.25, 0.3) is 0 Å². The number of nitrogens with one attached hydrogen (secondary N) is 1. The first-order valence-corrected chi connectivity index (χ1v) is 5.71. The van der Waals surface area contributed by atoms with Crippen LogP contribution in [-0.4, -0.2) is 47.6 Å². The number of rotatable bonds is 3. The van der Waals surface area contributed by atoms with Crippen molar-refractivity contribution in [3.63, 3.8) is 0 Å². The molecule has 5 nitrogen and oxygen atoms in total. The number of hydrogen-bond donors (Lipinski definition) is 2. The molecule has 16 heavy (non-hydrogen) atoms. The van der Waals surface area contributed by atoms with Crippen LogP contribution in [0.25, 0.3) is 0 Å². The molecule has 1 fully saturated rings. The lowest BCUT2D eigenvalue weighted by atomic mass is 9.97. The van der Waals surface area contributed by atoms with Crippen LogP contribution < -0.4 is 5.32 Å². The Hall–Kier alpha value is -1.10. The summed E-state index contributed by atoms with van der Waals surface area (Å²) >= 11 is 0. The number of amides is 2. The minimum atomic E-state index is -0.222. The van der Waals surface area contributed by atoms with E-state index >= 15 is 0 Å². The number of aliphatic hydroxyl groups is 1. The number of piperidine rings is 1. The van der Waals surface area contributed by atoms with Gasteiger partial charge in [0.15, 0.2) is 0 Å². The summed E-state index contributed by atoms with van der Waals surface area (Å²) in [7, 11) is 0. The van der Waals surface area contributed by atoms with Crippen molar-refractivity contribution in [3.05, 3.63) is 0 Å². The molecule has 1 saturated heterocycles. The van der Waals surface area contributed by atoms with E-state index in [0.717, 1.165) is 19.4 Å². The third-order valence-corrected chi connectivity index (χ3v) is 2.90. The zero-order chi connectivity index (χ0) is 12.1. The molecule has 2 unspecified atom stereocenters. The van der Waals surface area contributed by atoms with Gasteiger partial charge in [-0.1, -0.05) is 0 Å². The van der Waals surface area contributed by atoms with E-state index < -0.39 is 0 Å². The lowest BCUT2D eigenvalue weighted by Crippen LogP contribution is -2.47. The van der Waals surface area contributed by atoms with Gasteiger partial charge in [0.1, 0.15) is 0 Å². The van der Waals surface area contributed by atoms with Crippen LogP contribution in [0.2, 0.25) is 0 Å². The largest absolute Gasteiger partial charge is 0.394 e. The molecule has 5 heteroatoms. The van der Waals surface area contributed by atoms with Crippen LogP contribution in [0.15, 0.2) is 0 Å². The van der Waals surface area contributed by atoms with Gasteiger partial charge in [-0.2, -0.15) is 0 Å². The van der Waals surface area contributed by atoms with Crippen molar-refractivity contribution < 1.29 is 14.7 Å². The SMILES string of the molecule is CC(=O)N1CCCC(C(=O)NC(C)CO)C1. The van der Waals surface area contributed by atoms with Crippen molar-refractivity contribution in [2.24, 2.45) is 5.92 Å². The first-order chi connectivity index (χ1) is 7.54. The number of aliphatic hydroxyl groups excluding tert-OH is 1. The average molecular weight is 228 g/mol. The molecule has 92 valence electrons. The minimum Gasteiger partial charge on any atom is -0.394 e. The molecule has 2 amide bonds. The van der Waals surface area contributed by atoms with Gasteiger partial charge in [-0.15, -0.1) is 0 Å². The topological polar surface area (TPSA) is 69.6 Å². The molecule has 0 aliphatic carbocycles. The van der Waals surface area contributed by atoms with Gasteiger partial charge in [0.2, 0.25) is 11.8 Å². The van der Waals surface area contributed by atoms with Gasteiger partial charge in [-0.3, -0.25) is 9.59 Å². The third kappa shape index (κ3) is 3.48. The molecule has 1 heterocycles. The van der Waals surface area contributed by atoms with Crippen LogP contribution in [0.4, 0.5) is 0 Å². The molecule has 1 rings (SSSR count). The van der Waals surface area contributed by atoms with Gasteiger partial charge in [0.05, 0.1) is 12.5 Å². The Kier molecular flexibility index (Phi) is 4.73. The van der Waals surface area contributed by atoms with Crippen molar-refractivity contribution in [2.75, 3.05) is 19.7 Å². The maximum absolute atomic E-state index is 11.8. The molecule has 0 radical (unpaired) electrons. The van der Waals surface area contributed by atoms with Crippen molar-refractivity contribution in [1.82, 2.24) is 10.2 Å². The maximum atomic E-state index is 11.8. The van der Waals surface area contributed by atoms with Crippen LogP contribution in [0, 0.1) is 5.92 Å². The van der Waals surface area contributed by atoms with E-state index in [1.807, 2.05) is 0 Å². The quantitative estimate of drug-likeness (QED) is 0.699. The molecule has 2 atom stereocenters. The fourth-order valence-corrected chi connectivity index (χ4v) is 1.88. The molecule has 1 aliphatic rings. The highest BCUT2D eigenvalue weighted by molar-refractivity contribution is 5.80. The second-order valence-electron chi connectivity index (χ2n) is 4.40. The smallest absolute Gasteiger partial charge is 0.225 e. The number of carbonyl (C=O) groups excluding carboxylic acids is 2. The Balaban J connectivity index is 2.47. The average Bonchev–Trinajstić information content (AvgIpc) is 2.28. The van der Waals surface area contributed by atoms with Crippen molar-refractivity contribution in [1.29, 1.82) is 0 Å². The van der Waals surface area contributed by atoms with E-state index in [2.05, 4.69) is 5.32 Å². The highest BCUT2D eigenvalue weighted by Gasteiger charge is 2.27. The summed E-state index contributed by atoms with van der Waals surface area (Å²) < 4.78 is 0. The van der Waals surface area contributed by atoms with Crippen LogP contribution in [0.1, 0.15) is 26.7 Å². The second kappa shape index (κ2) is 5.84. The van der Waals surface area contributed by atoms with E-state index in [0.29, 0.717) is 6.54 Å². The number of carbonyl (C=O) groups is 2. The monoisotopic (exact) mass is 228 g/mol. The van der Waals surface area contributed by atoms with Gasteiger partial charge in [-0.05, 0) is 19.8 Å². The molecule has 0 saturated carbocycles. The first kappa shape index (κ1) is 13.0. The van der Waals surface area contributed by atoms with Gasteiger partial charge >= 0.3 is 0 Å². The zero-order valence-corrected chi connectivity index (χ0v) is 9.90. The van der Waals surface area contributed by atoms with Crippen LogP contribution in [-0.2, 0) is 9.59 Å². The first-order valence-electron chi connectivity index (χ1n) is 5.71. The lowest BCUT2D eigenvalue weighted by molar-refractivity contribution is -0.134. The van der Waals surface area contributed by atoms with E-state index in [9.17, 15) is 9.59 Å². The Labute approximate surface area is 95.8 Å². The Morgan fingerprint density at radius 2 is 2.25 bits per heavy atom. The summed E-state index contributed by atoms with van der Waals surface area (Å²) in [5, 5.41) is 11.6.